The Morgan fingerprint density at radius 1 is 0.304 bits per heavy atom. The monoisotopic (exact) mass is 1420 g/mol. The van der Waals surface area contributed by atoms with Crippen molar-refractivity contribution in [2.24, 2.45) is 0 Å². The molecule has 0 aliphatic heterocycles. The summed E-state index contributed by atoms with van der Waals surface area (Å²) in [6, 6.07) is 0. The number of allylic oxidation sites excluding steroid dienone is 20. The molecule has 0 saturated heterocycles. The Morgan fingerprint density at radius 3 is 0.833 bits per heavy atom. The maximum absolute atomic E-state index is 13.0. The van der Waals surface area contributed by atoms with Crippen molar-refractivity contribution in [3.63, 3.8) is 0 Å². The fourth-order valence-electron chi connectivity index (χ4n) is 12.5. The molecule has 588 valence electrons. The molecule has 0 aliphatic rings. The molecule has 0 fully saturated rings. The molecule has 0 radical (unpaired) electrons. The van der Waals surface area contributed by atoms with Gasteiger partial charge in [-0.05, 0) is 89.9 Å². The standard InChI is InChI=1S/C93H163NO8/c1-6-8-10-12-14-16-18-20-22-24-26-28-30-32-34-36-38-40-42-44-46-48-50-52-54-56-58-60-62-64-66-68-70-72-74-76-78-80-82-84-91(96)102-89(88-101-93(92(97)98)99-86-85-94(3,4)5)87-100-90(95)83-81-79-77-75-73-71-69-67-65-63-61-59-57-55-53-51-49-47-45-43-41-39-37-35-33-31-29-27-25-23-21-19-17-15-13-11-9-7-2/h8,10,14,16,20,22,26,28,32,34,38,40,44,46,50,52,56,58,62,64,89,93H,6-7,9,11-13,15,17-19,21,23-25,27,29-31,33,35-37,39,41-43,45,47-49,51,53-55,57,59-61,63,65-88H2,1-5H3/p+1/b10-8-,16-14-,22-20-,28-26-,34-32-,40-38-,46-44-,52-50-,58-56-,64-62-. The zero-order valence-electron chi connectivity index (χ0n) is 67.5. The molecule has 0 saturated carbocycles. The van der Waals surface area contributed by atoms with E-state index in [1.54, 1.807) is 0 Å². The minimum absolute atomic E-state index is 0.182. The predicted octanol–water partition coefficient (Wildman–Crippen LogP) is 28.2. The minimum atomic E-state index is -1.52. The fraction of sp³-hybridized carbons (Fsp3) is 0.753. The number of rotatable bonds is 80. The molecule has 1 N–H and O–H groups in total. The number of likely N-dealkylation sites (N-methyl/N-ethyl adjacent to an activating group) is 1. The van der Waals surface area contributed by atoms with Crippen LogP contribution in [0.1, 0.15) is 393 Å². The van der Waals surface area contributed by atoms with E-state index in [2.05, 4.69) is 135 Å². The van der Waals surface area contributed by atoms with Gasteiger partial charge in [0.25, 0.3) is 6.29 Å². The first-order valence-electron chi connectivity index (χ1n) is 43.2. The van der Waals surface area contributed by atoms with Crippen LogP contribution in [0.15, 0.2) is 122 Å². The summed E-state index contributed by atoms with van der Waals surface area (Å²) in [5, 5.41) is 9.79. The maximum atomic E-state index is 13.0. The highest BCUT2D eigenvalue weighted by Crippen LogP contribution is 2.20. The number of hydrogen-bond donors (Lipinski definition) is 1. The lowest BCUT2D eigenvalue weighted by Gasteiger charge is -2.25. The van der Waals surface area contributed by atoms with E-state index < -0.39 is 24.3 Å². The maximum Gasteiger partial charge on any atom is 0.361 e. The van der Waals surface area contributed by atoms with Gasteiger partial charge in [0.05, 0.1) is 34.4 Å². The van der Waals surface area contributed by atoms with Crippen molar-refractivity contribution in [1.82, 2.24) is 0 Å². The van der Waals surface area contributed by atoms with Crippen molar-refractivity contribution in [1.29, 1.82) is 0 Å². The second-order valence-corrected chi connectivity index (χ2v) is 30.1. The molecular formula is C93H164NO8+. The summed E-state index contributed by atoms with van der Waals surface area (Å²) in [4.78, 5) is 37.8. The highest BCUT2D eigenvalue weighted by Gasteiger charge is 2.25. The van der Waals surface area contributed by atoms with Crippen molar-refractivity contribution in [2.45, 2.75) is 405 Å². The third-order valence-electron chi connectivity index (χ3n) is 19.0. The zero-order valence-corrected chi connectivity index (χ0v) is 67.5. The number of carbonyl (C=O) groups excluding carboxylic acids is 2. The highest BCUT2D eigenvalue weighted by molar-refractivity contribution is 5.71. The molecule has 0 aliphatic carbocycles. The Balaban J connectivity index is 4.02. The Labute approximate surface area is 631 Å². The van der Waals surface area contributed by atoms with Crippen LogP contribution in [0, 0.1) is 0 Å². The molecule has 0 spiro atoms. The van der Waals surface area contributed by atoms with E-state index >= 15 is 0 Å². The smallest absolute Gasteiger partial charge is 0.361 e. The van der Waals surface area contributed by atoms with Crippen LogP contribution in [0.5, 0.6) is 0 Å². The summed E-state index contributed by atoms with van der Waals surface area (Å²) in [5.41, 5.74) is 0. The number of carboxylic acid groups (broad SMARTS) is 1. The summed E-state index contributed by atoms with van der Waals surface area (Å²) < 4.78 is 23.1. The molecule has 0 rings (SSSR count). The molecule has 102 heavy (non-hydrogen) atoms. The van der Waals surface area contributed by atoms with Crippen LogP contribution >= 0.6 is 0 Å². The fourth-order valence-corrected chi connectivity index (χ4v) is 12.5. The topological polar surface area (TPSA) is 108 Å². The molecule has 9 heteroatoms. The number of aliphatic carboxylic acids is 1. The van der Waals surface area contributed by atoms with E-state index in [0.29, 0.717) is 23.9 Å². The molecule has 9 nitrogen and oxygen atoms in total. The Kier molecular flexibility index (Phi) is 78.9. The Bertz CT molecular complexity index is 2100. The Hall–Kier alpha value is -4.31. The number of carbonyl (C=O) groups is 3. The van der Waals surface area contributed by atoms with Gasteiger partial charge in [0.1, 0.15) is 13.2 Å². The van der Waals surface area contributed by atoms with Crippen molar-refractivity contribution in [3.8, 4) is 0 Å². The van der Waals surface area contributed by atoms with Crippen LogP contribution in [-0.2, 0) is 33.3 Å². The second-order valence-electron chi connectivity index (χ2n) is 30.1. The molecule has 0 aromatic rings. The molecule has 0 aromatic carbocycles. The lowest BCUT2D eigenvalue weighted by molar-refractivity contribution is -0.870. The summed E-state index contributed by atoms with van der Waals surface area (Å²) in [7, 11) is 5.98. The van der Waals surface area contributed by atoms with Crippen molar-refractivity contribution in [2.75, 3.05) is 47.5 Å². The van der Waals surface area contributed by atoms with Gasteiger partial charge in [0.15, 0.2) is 6.10 Å². The van der Waals surface area contributed by atoms with Gasteiger partial charge in [-0.15, -0.1) is 0 Å². The number of hydrogen-bond acceptors (Lipinski definition) is 7. The van der Waals surface area contributed by atoms with Crippen molar-refractivity contribution < 1.29 is 42.9 Å². The number of quaternary nitrogens is 1. The van der Waals surface area contributed by atoms with Crippen LogP contribution in [0.3, 0.4) is 0 Å². The first-order valence-corrected chi connectivity index (χ1v) is 43.2. The lowest BCUT2D eigenvalue weighted by Crippen LogP contribution is -2.40. The predicted molar refractivity (Wildman–Crippen MR) is 442 cm³/mol. The summed E-state index contributed by atoms with van der Waals surface area (Å²) in [6.45, 7) is 4.80. The van der Waals surface area contributed by atoms with E-state index in [4.69, 9.17) is 18.9 Å². The van der Waals surface area contributed by atoms with Gasteiger partial charge in [-0.25, -0.2) is 4.79 Å². The molecule has 0 bridgehead atoms. The quantitative estimate of drug-likeness (QED) is 0.0211. The number of carboxylic acids is 1. The summed E-state index contributed by atoms with van der Waals surface area (Å²) >= 11 is 0. The highest BCUT2D eigenvalue weighted by atomic mass is 16.7. The van der Waals surface area contributed by atoms with Gasteiger partial charge >= 0.3 is 17.9 Å². The van der Waals surface area contributed by atoms with E-state index in [1.807, 2.05) is 21.1 Å². The molecule has 0 aromatic heterocycles. The van der Waals surface area contributed by atoms with Gasteiger partial charge in [-0.1, -0.05) is 411 Å². The summed E-state index contributed by atoms with van der Waals surface area (Å²) in [5.74, 6) is -2.00. The number of nitrogens with zero attached hydrogens (tertiary/aromatic N) is 1. The summed E-state index contributed by atoms with van der Waals surface area (Å²) in [6.07, 6.45) is 115. The van der Waals surface area contributed by atoms with Crippen LogP contribution in [-0.4, -0.2) is 87.4 Å². The Morgan fingerprint density at radius 2 is 0.559 bits per heavy atom. The van der Waals surface area contributed by atoms with Gasteiger partial charge in [-0.3, -0.25) is 9.59 Å². The SMILES string of the molecule is CC/C=C\C/C=C\C/C=C\C/C=C\C/C=C\C/C=C\C/C=C\C/C=C\C/C=C\C/C=C\CCCCCCCCCCC(=O)OC(COC(=O)CCCCCCCCCCCCCCCCCCCCCCCCCCCCCCCCCCCCCCCC)COC(OCC[N+](C)(C)C)C(=O)O. The number of esters is 2. The normalized spacial score (nSPS) is 13.2. The lowest BCUT2D eigenvalue weighted by atomic mass is 10.0. The minimum Gasteiger partial charge on any atom is -0.477 e. The van der Waals surface area contributed by atoms with Gasteiger partial charge in [0.2, 0.25) is 0 Å². The van der Waals surface area contributed by atoms with E-state index in [0.717, 1.165) is 109 Å². The van der Waals surface area contributed by atoms with Crippen LogP contribution in [0.25, 0.3) is 0 Å². The van der Waals surface area contributed by atoms with Crippen LogP contribution < -0.4 is 0 Å². The average Bonchev–Trinajstić information content (AvgIpc) is 0.997. The van der Waals surface area contributed by atoms with Crippen molar-refractivity contribution >= 4 is 17.9 Å². The molecule has 2 unspecified atom stereocenters. The third-order valence-corrected chi connectivity index (χ3v) is 19.0. The van der Waals surface area contributed by atoms with Crippen LogP contribution in [0.4, 0.5) is 0 Å². The molecular weight excluding hydrogens is 1260 g/mol. The molecule has 2 atom stereocenters. The van der Waals surface area contributed by atoms with Gasteiger partial charge in [0, 0.05) is 12.8 Å². The number of ether oxygens (including phenoxy) is 4. The largest absolute Gasteiger partial charge is 0.477 e. The van der Waals surface area contributed by atoms with Crippen molar-refractivity contribution in [3.05, 3.63) is 122 Å². The zero-order chi connectivity index (χ0) is 73.9. The average molecular weight is 1420 g/mol. The van der Waals surface area contributed by atoms with Crippen LogP contribution in [0.2, 0.25) is 0 Å². The van der Waals surface area contributed by atoms with E-state index in [-0.39, 0.29) is 32.2 Å². The first kappa shape index (κ1) is 97.7. The third kappa shape index (κ3) is 83.0. The van der Waals surface area contributed by atoms with Gasteiger partial charge in [-0.2, -0.15) is 0 Å². The molecule has 0 amide bonds. The van der Waals surface area contributed by atoms with E-state index in [1.165, 1.54) is 250 Å². The second kappa shape index (κ2) is 82.3. The van der Waals surface area contributed by atoms with Gasteiger partial charge < -0.3 is 28.5 Å². The first-order chi connectivity index (χ1) is 50.1. The van der Waals surface area contributed by atoms with E-state index in [9.17, 15) is 19.5 Å². The molecule has 0 heterocycles. The number of unbranched alkanes of at least 4 members (excludes halogenated alkanes) is 45.